The van der Waals surface area contributed by atoms with Crippen molar-refractivity contribution in [1.29, 1.82) is 0 Å². The average molecular weight is 158 g/mol. The Morgan fingerprint density at radius 3 is 1.91 bits per heavy atom. The normalized spacial score (nSPS) is 18.0. The zero-order valence-corrected chi connectivity index (χ0v) is 8.44. The van der Waals surface area contributed by atoms with E-state index in [1.54, 1.807) is 0 Å². The van der Waals surface area contributed by atoms with Crippen molar-refractivity contribution in [2.75, 3.05) is 7.05 Å². The molecule has 0 aliphatic rings. The van der Waals surface area contributed by atoms with Gasteiger partial charge >= 0.3 is 0 Å². The van der Waals surface area contributed by atoms with Crippen LogP contribution in [-0.2, 0) is 0 Å². The van der Waals surface area contributed by atoms with E-state index < -0.39 is 0 Å². The molecule has 68 valence electrons. The monoisotopic (exact) mass is 158 g/mol. The standard InChI is InChI=1S/C9H22N2/c1-7(10)6-8(11-5)9(2,3)4/h7-8,11H,6,10H2,1-5H3. The van der Waals surface area contributed by atoms with Crippen LogP contribution < -0.4 is 11.1 Å². The minimum Gasteiger partial charge on any atom is -0.328 e. The Morgan fingerprint density at radius 2 is 1.82 bits per heavy atom. The molecule has 0 amide bonds. The summed E-state index contributed by atoms with van der Waals surface area (Å²) < 4.78 is 0. The zero-order valence-electron chi connectivity index (χ0n) is 8.44. The molecule has 0 bridgehead atoms. The Kier molecular flexibility index (Phi) is 4.04. The van der Waals surface area contributed by atoms with Gasteiger partial charge in [-0.1, -0.05) is 20.8 Å². The van der Waals surface area contributed by atoms with Crippen LogP contribution in [0.3, 0.4) is 0 Å². The van der Waals surface area contributed by atoms with Gasteiger partial charge in [0.05, 0.1) is 0 Å². The van der Waals surface area contributed by atoms with E-state index >= 15 is 0 Å². The molecule has 3 N–H and O–H groups in total. The lowest BCUT2D eigenvalue weighted by Gasteiger charge is -2.31. The van der Waals surface area contributed by atoms with Crippen LogP contribution >= 0.6 is 0 Å². The molecular formula is C9H22N2. The van der Waals surface area contributed by atoms with Gasteiger partial charge in [-0.2, -0.15) is 0 Å². The van der Waals surface area contributed by atoms with Crippen molar-refractivity contribution in [2.45, 2.75) is 46.2 Å². The van der Waals surface area contributed by atoms with E-state index in [1.165, 1.54) is 0 Å². The summed E-state index contributed by atoms with van der Waals surface area (Å²) >= 11 is 0. The molecule has 2 unspecified atom stereocenters. The minimum atomic E-state index is 0.284. The van der Waals surface area contributed by atoms with E-state index in [0.717, 1.165) is 6.42 Å². The molecule has 0 spiro atoms. The van der Waals surface area contributed by atoms with E-state index in [9.17, 15) is 0 Å². The van der Waals surface area contributed by atoms with Crippen molar-refractivity contribution in [1.82, 2.24) is 5.32 Å². The number of hydrogen-bond donors (Lipinski definition) is 2. The van der Waals surface area contributed by atoms with Gasteiger partial charge in [0.25, 0.3) is 0 Å². The Labute approximate surface area is 70.5 Å². The lowest BCUT2D eigenvalue weighted by atomic mass is 9.83. The lowest BCUT2D eigenvalue weighted by molar-refractivity contribution is 0.257. The summed E-state index contributed by atoms with van der Waals surface area (Å²) in [6.07, 6.45) is 1.04. The summed E-state index contributed by atoms with van der Waals surface area (Å²) in [5.41, 5.74) is 6.03. The maximum Gasteiger partial charge on any atom is 0.0127 e. The average Bonchev–Trinajstić information content (AvgIpc) is 1.79. The van der Waals surface area contributed by atoms with Crippen LogP contribution in [0.4, 0.5) is 0 Å². The number of nitrogens with two attached hydrogens (primary N) is 1. The maximum absolute atomic E-state index is 5.73. The second-order valence-electron chi connectivity index (χ2n) is 4.42. The third kappa shape index (κ3) is 4.38. The van der Waals surface area contributed by atoms with Crippen molar-refractivity contribution in [2.24, 2.45) is 11.1 Å². The Morgan fingerprint density at radius 1 is 1.36 bits per heavy atom. The van der Waals surface area contributed by atoms with Gasteiger partial charge < -0.3 is 11.1 Å². The predicted octanol–water partition coefficient (Wildman–Crippen LogP) is 1.36. The van der Waals surface area contributed by atoms with Crippen molar-refractivity contribution < 1.29 is 0 Å². The summed E-state index contributed by atoms with van der Waals surface area (Å²) in [5.74, 6) is 0. The van der Waals surface area contributed by atoms with Gasteiger partial charge in [-0.25, -0.2) is 0 Å². The van der Waals surface area contributed by atoms with Crippen LogP contribution in [0.5, 0.6) is 0 Å². The highest BCUT2D eigenvalue weighted by Crippen LogP contribution is 2.21. The molecule has 0 rings (SSSR count). The second-order valence-corrected chi connectivity index (χ2v) is 4.42. The fourth-order valence-corrected chi connectivity index (χ4v) is 1.28. The van der Waals surface area contributed by atoms with Gasteiger partial charge in [-0.05, 0) is 25.8 Å². The molecule has 0 aromatic carbocycles. The first-order chi connectivity index (χ1) is 4.88. The van der Waals surface area contributed by atoms with E-state index in [0.29, 0.717) is 11.5 Å². The lowest BCUT2D eigenvalue weighted by Crippen LogP contribution is -2.41. The van der Waals surface area contributed by atoms with Crippen LogP contribution in [0.15, 0.2) is 0 Å². The Hall–Kier alpha value is -0.0800. The van der Waals surface area contributed by atoms with Crippen LogP contribution in [0, 0.1) is 5.41 Å². The molecule has 0 saturated heterocycles. The summed E-state index contributed by atoms with van der Waals surface area (Å²) in [5, 5.41) is 3.29. The number of hydrogen-bond acceptors (Lipinski definition) is 2. The van der Waals surface area contributed by atoms with Gasteiger partial charge in [0.1, 0.15) is 0 Å². The molecule has 0 saturated carbocycles. The molecule has 0 fully saturated rings. The molecule has 2 heteroatoms. The maximum atomic E-state index is 5.73. The van der Waals surface area contributed by atoms with E-state index in [2.05, 4.69) is 33.0 Å². The molecule has 2 nitrogen and oxygen atoms in total. The van der Waals surface area contributed by atoms with Crippen LogP contribution in [0.1, 0.15) is 34.1 Å². The first-order valence-corrected chi connectivity index (χ1v) is 4.30. The zero-order chi connectivity index (χ0) is 9.07. The van der Waals surface area contributed by atoms with Crippen LogP contribution in [0.2, 0.25) is 0 Å². The Bertz CT molecular complexity index is 103. The van der Waals surface area contributed by atoms with Gasteiger partial charge in [0.2, 0.25) is 0 Å². The topological polar surface area (TPSA) is 38.0 Å². The van der Waals surface area contributed by atoms with Crippen LogP contribution in [0.25, 0.3) is 0 Å². The van der Waals surface area contributed by atoms with Gasteiger partial charge in [0, 0.05) is 12.1 Å². The fourth-order valence-electron chi connectivity index (χ4n) is 1.28. The second kappa shape index (κ2) is 4.07. The molecule has 0 heterocycles. The minimum absolute atomic E-state index is 0.284. The summed E-state index contributed by atoms with van der Waals surface area (Å²) in [6, 6.07) is 0.800. The smallest absolute Gasteiger partial charge is 0.0127 e. The molecule has 0 radical (unpaired) electrons. The third-order valence-corrected chi connectivity index (χ3v) is 2.00. The fraction of sp³-hybridized carbons (Fsp3) is 1.00. The van der Waals surface area contributed by atoms with E-state index in [1.807, 2.05) is 7.05 Å². The van der Waals surface area contributed by atoms with E-state index in [4.69, 9.17) is 5.73 Å². The van der Waals surface area contributed by atoms with Gasteiger partial charge in [-0.3, -0.25) is 0 Å². The highest BCUT2D eigenvalue weighted by Gasteiger charge is 2.23. The molecular weight excluding hydrogens is 136 g/mol. The van der Waals surface area contributed by atoms with Crippen molar-refractivity contribution >= 4 is 0 Å². The molecule has 0 aliphatic heterocycles. The highest BCUT2D eigenvalue weighted by atomic mass is 14.9. The van der Waals surface area contributed by atoms with Crippen molar-refractivity contribution in [3.05, 3.63) is 0 Å². The molecule has 0 aliphatic carbocycles. The quantitative estimate of drug-likeness (QED) is 0.651. The summed E-state index contributed by atoms with van der Waals surface area (Å²) in [4.78, 5) is 0. The SMILES string of the molecule is CNC(CC(C)N)C(C)(C)C. The highest BCUT2D eigenvalue weighted by molar-refractivity contribution is 4.81. The first-order valence-electron chi connectivity index (χ1n) is 4.30. The first kappa shape index (κ1) is 10.9. The predicted molar refractivity (Wildman–Crippen MR) is 50.6 cm³/mol. The summed E-state index contributed by atoms with van der Waals surface area (Å²) in [7, 11) is 2.00. The number of nitrogens with one attached hydrogen (secondary N) is 1. The molecule has 2 atom stereocenters. The van der Waals surface area contributed by atoms with Crippen molar-refractivity contribution in [3.63, 3.8) is 0 Å². The third-order valence-electron chi connectivity index (χ3n) is 2.00. The van der Waals surface area contributed by atoms with Gasteiger partial charge in [0.15, 0.2) is 0 Å². The molecule has 0 aromatic heterocycles. The molecule has 11 heavy (non-hydrogen) atoms. The molecule has 0 aromatic rings. The Balaban J connectivity index is 3.96. The number of rotatable bonds is 3. The summed E-state index contributed by atoms with van der Waals surface area (Å²) in [6.45, 7) is 8.75. The largest absolute Gasteiger partial charge is 0.328 e. The van der Waals surface area contributed by atoms with Gasteiger partial charge in [-0.15, -0.1) is 0 Å². The van der Waals surface area contributed by atoms with E-state index in [-0.39, 0.29) is 6.04 Å². The van der Waals surface area contributed by atoms with Crippen LogP contribution in [-0.4, -0.2) is 19.1 Å². The van der Waals surface area contributed by atoms with Crippen molar-refractivity contribution in [3.8, 4) is 0 Å².